The molecule has 4 atom stereocenters. The Kier molecular flexibility index (Phi) is 10.6. The first-order chi connectivity index (χ1) is 19.5. The number of benzene rings is 2. The van der Waals surface area contributed by atoms with Crippen molar-refractivity contribution in [3.8, 4) is 0 Å². The Morgan fingerprint density at radius 2 is 1.46 bits per heavy atom. The Balaban J connectivity index is 1.68. The fourth-order valence-electron chi connectivity index (χ4n) is 4.42. The lowest BCUT2D eigenvalue weighted by molar-refractivity contribution is -0.142. The molecule has 0 bridgehead atoms. The minimum atomic E-state index is -1.46. The van der Waals surface area contributed by atoms with E-state index < -0.39 is 66.1 Å². The van der Waals surface area contributed by atoms with Crippen molar-refractivity contribution in [3.05, 3.63) is 71.9 Å². The number of aromatic nitrogens is 1. The molecule has 9 N–H and O–H groups in total. The van der Waals surface area contributed by atoms with Crippen LogP contribution in [0.15, 0.2) is 60.8 Å². The minimum Gasteiger partial charge on any atom is -0.480 e. The Hall–Kier alpha value is -4.71. The van der Waals surface area contributed by atoms with E-state index in [-0.39, 0.29) is 12.8 Å². The number of carboxylic acids is 1. The summed E-state index contributed by atoms with van der Waals surface area (Å²) in [6.45, 7) is 3.39. The molecular formula is C29H36N6O6. The second kappa shape index (κ2) is 14.1. The second-order valence-electron chi connectivity index (χ2n) is 10.2. The van der Waals surface area contributed by atoms with Crippen LogP contribution in [0.4, 0.5) is 0 Å². The predicted molar refractivity (Wildman–Crippen MR) is 152 cm³/mol. The van der Waals surface area contributed by atoms with Crippen LogP contribution in [0.3, 0.4) is 0 Å². The average molecular weight is 565 g/mol. The summed E-state index contributed by atoms with van der Waals surface area (Å²) >= 11 is 0. The van der Waals surface area contributed by atoms with Crippen molar-refractivity contribution in [2.45, 2.75) is 57.3 Å². The molecule has 4 unspecified atom stereocenters. The number of amides is 4. The van der Waals surface area contributed by atoms with E-state index >= 15 is 0 Å². The molecule has 0 aliphatic heterocycles. The monoisotopic (exact) mass is 564 g/mol. The Morgan fingerprint density at radius 3 is 2.10 bits per heavy atom. The van der Waals surface area contributed by atoms with E-state index in [2.05, 4.69) is 20.9 Å². The fourth-order valence-corrected chi connectivity index (χ4v) is 4.42. The van der Waals surface area contributed by atoms with Crippen molar-refractivity contribution in [2.24, 2.45) is 17.4 Å². The number of carboxylic acid groups (broad SMARTS) is 1. The van der Waals surface area contributed by atoms with Crippen molar-refractivity contribution < 1.29 is 29.1 Å². The standard InChI is InChI=1S/C29H36N6O6/c1-16(2)25(35-26(37)20(30)13-18-15-32-21-11-7-6-10-19(18)21)28(39)33-22(14-24(31)36)27(38)34-23(29(40)41)12-17-8-4-3-5-9-17/h3-11,15-16,20,22-23,25,32H,12-14,30H2,1-2H3,(H2,31,36)(H,33,39)(H,34,38)(H,35,37)(H,40,41). The van der Waals surface area contributed by atoms with Crippen LogP contribution in [0.2, 0.25) is 0 Å². The molecule has 0 saturated heterocycles. The van der Waals surface area contributed by atoms with Crippen molar-refractivity contribution in [1.82, 2.24) is 20.9 Å². The number of fused-ring (bicyclic) bond motifs is 1. The molecule has 4 amide bonds. The highest BCUT2D eigenvalue weighted by atomic mass is 16.4. The van der Waals surface area contributed by atoms with Crippen LogP contribution in [0, 0.1) is 5.92 Å². The number of para-hydroxylation sites is 1. The number of rotatable bonds is 14. The normalized spacial score (nSPS) is 14.0. The van der Waals surface area contributed by atoms with E-state index in [9.17, 15) is 29.1 Å². The van der Waals surface area contributed by atoms with Gasteiger partial charge in [0.2, 0.25) is 23.6 Å². The lowest BCUT2D eigenvalue weighted by Gasteiger charge is -2.26. The number of hydrogen-bond acceptors (Lipinski definition) is 6. The van der Waals surface area contributed by atoms with Gasteiger partial charge in [-0.3, -0.25) is 19.2 Å². The molecule has 3 rings (SSSR count). The maximum Gasteiger partial charge on any atom is 0.326 e. The third-order valence-corrected chi connectivity index (χ3v) is 6.63. The second-order valence-corrected chi connectivity index (χ2v) is 10.2. The highest BCUT2D eigenvalue weighted by Gasteiger charge is 2.32. The molecular weight excluding hydrogens is 528 g/mol. The first-order valence-electron chi connectivity index (χ1n) is 13.2. The Morgan fingerprint density at radius 1 is 0.829 bits per heavy atom. The van der Waals surface area contributed by atoms with Crippen LogP contribution in [0.5, 0.6) is 0 Å². The number of hydrogen-bond donors (Lipinski definition) is 7. The molecule has 0 aliphatic rings. The summed E-state index contributed by atoms with van der Waals surface area (Å²) in [6, 6.07) is 11.4. The van der Waals surface area contributed by atoms with Crippen LogP contribution in [0.25, 0.3) is 10.9 Å². The third-order valence-electron chi connectivity index (χ3n) is 6.63. The third kappa shape index (κ3) is 8.64. The maximum atomic E-state index is 13.2. The zero-order valence-corrected chi connectivity index (χ0v) is 22.9. The largest absolute Gasteiger partial charge is 0.480 e. The summed E-state index contributed by atoms with van der Waals surface area (Å²) in [4.78, 5) is 65.9. The van der Waals surface area contributed by atoms with Gasteiger partial charge in [0, 0.05) is 23.5 Å². The van der Waals surface area contributed by atoms with Crippen LogP contribution < -0.4 is 27.4 Å². The maximum absolute atomic E-state index is 13.2. The fraction of sp³-hybridized carbons (Fsp3) is 0.345. The molecule has 0 radical (unpaired) electrons. The molecule has 3 aromatic rings. The van der Waals surface area contributed by atoms with E-state index in [4.69, 9.17) is 11.5 Å². The first kappa shape index (κ1) is 30.8. The molecule has 12 nitrogen and oxygen atoms in total. The van der Waals surface area contributed by atoms with Crippen molar-refractivity contribution in [2.75, 3.05) is 0 Å². The molecule has 0 fully saturated rings. The van der Waals surface area contributed by atoms with Gasteiger partial charge < -0.3 is 37.5 Å². The topological polar surface area (TPSA) is 209 Å². The molecule has 2 aromatic carbocycles. The number of nitrogens with two attached hydrogens (primary N) is 2. The zero-order valence-electron chi connectivity index (χ0n) is 22.9. The van der Waals surface area contributed by atoms with E-state index in [0.717, 1.165) is 16.5 Å². The van der Waals surface area contributed by atoms with Gasteiger partial charge in [0.05, 0.1) is 12.5 Å². The average Bonchev–Trinajstić information content (AvgIpc) is 3.33. The van der Waals surface area contributed by atoms with Gasteiger partial charge in [0.25, 0.3) is 0 Å². The molecule has 218 valence electrons. The van der Waals surface area contributed by atoms with E-state index in [1.54, 1.807) is 50.4 Å². The lowest BCUT2D eigenvalue weighted by Crippen LogP contribution is -2.59. The van der Waals surface area contributed by atoms with Crippen molar-refractivity contribution >= 4 is 40.5 Å². The number of H-pyrrole nitrogens is 1. The number of aromatic amines is 1. The van der Waals surface area contributed by atoms with Crippen LogP contribution in [-0.2, 0) is 36.8 Å². The summed E-state index contributed by atoms with van der Waals surface area (Å²) < 4.78 is 0. The molecule has 1 heterocycles. The molecule has 0 aliphatic carbocycles. The van der Waals surface area contributed by atoms with Gasteiger partial charge in [-0.15, -0.1) is 0 Å². The van der Waals surface area contributed by atoms with E-state index in [0.29, 0.717) is 5.56 Å². The van der Waals surface area contributed by atoms with E-state index in [1.807, 2.05) is 24.3 Å². The summed E-state index contributed by atoms with van der Waals surface area (Å²) in [7, 11) is 0. The minimum absolute atomic E-state index is 0.0157. The van der Waals surface area contributed by atoms with Gasteiger partial charge in [-0.05, 0) is 29.5 Å². The number of primary amides is 1. The van der Waals surface area contributed by atoms with Crippen LogP contribution >= 0.6 is 0 Å². The van der Waals surface area contributed by atoms with Gasteiger partial charge in [0.1, 0.15) is 18.1 Å². The molecule has 12 heteroatoms. The Labute approximate surface area is 237 Å². The summed E-state index contributed by atoms with van der Waals surface area (Å²) in [5.74, 6) is -4.81. The van der Waals surface area contributed by atoms with Crippen LogP contribution in [-0.4, -0.2) is 63.9 Å². The number of aliphatic carboxylic acids is 1. The first-order valence-corrected chi connectivity index (χ1v) is 13.2. The number of nitrogens with one attached hydrogen (secondary N) is 4. The zero-order chi connectivity index (χ0) is 30.1. The van der Waals surface area contributed by atoms with Crippen molar-refractivity contribution in [1.29, 1.82) is 0 Å². The predicted octanol–water partition coefficient (Wildman–Crippen LogP) is 0.351. The summed E-state index contributed by atoms with van der Waals surface area (Å²) in [5, 5.41) is 18.0. The Bertz CT molecular complexity index is 1390. The van der Waals surface area contributed by atoms with Gasteiger partial charge >= 0.3 is 5.97 Å². The summed E-state index contributed by atoms with van der Waals surface area (Å²) in [5.41, 5.74) is 13.9. The number of carbonyl (C=O) groups excluding carboxylic acids is 4. The van der Waals surface area contributed by atoms with Gasteiger partial charge in [-0.25, -0.2) is 4.79 Å². The van der Waals surface area contributed by atoms with Crippen LogP contribution in [0.1, 0.15) is 31.4 Å². The molecule has 41 heavy (non-hydrogen) atoms. The molecule has 0 spiro atoms. The molecule has 1 aromatic heterocycles. The van der Waals surface area contributed by atoms with Gasteiger partial charge in [-0.1, -0.05) is 62.4 Å². The SMILES string of the molecule is CC(C)C(NC(=O)C(N)Cc1c[nH]c2ccccc12)C(=O)NC(CC(N)=O)C(=O)NC(Cc1ccccc1)C(=O)O. The highest BCUT2D eigenvalue weighted by Crippen LogP contribution is 2.19. The smallest absolute Gasteiger partial charge is 0.326 e. The molecule has 0 saturated carbocycles. The van der Waals surface area contributed by atoms with Gasteiger partial charge in [-0.2, -0.15) is 0 Å². The van der Waals surface area contributed by atoms with E-state index in [1.165, 1.54) is 0 Å². The highest BCUT2D eigenvalue weighted by molar-refractivity contribution is 5.96. The van der Waals surface area contributed by atoms with Gasteiger partial charge in [0.15, 0.2) is 0 Å². The van der Waals surface area contributed by atoms with Crippen molar-refractivity contribution in [3.63, 3.8) is 0 Å². The number of carbonyl (C=O) groups is 5. The summed E-state index contributed by atoms with van der Waals surface area (Å²) in [6.07, 6.45) is 1.40. The lowest BCUT2D eigenvalue weighted by atomic mass is 10.00. The quantitative estimate of drug-likeness (QED) is 0.146.